The number of carbonyl (C=O) groups is 2. The van der Waals surface area contributed by atoms with Gasteiger partial charge < -0.3 is 19.5 Å². The van der Waals surface area contributed by atoms with Gasteiger partial charge in [0.1, 0.15) is 6.10 Å². The standard InChI is InChI=1S/C24H28Cl2N2O5/c1-13-10-14(2)27-22(29)17(13)12-28-7-4-15-18(25)11-16(20(26)19(15)23(28)30)21(32-3)24(31)5-8-33-9-6-24/h10-11,17,21,31H,4-9,12H2,1-3H3. The monoisotopic (exact) mass is 494 g/mol. The first-order valence-corrected chi connectivity index (χ1v) is 11.8. The molecule has 33 heavy (non-hydrogen) atoms. The van der Waals surface area contributed by atoms with Crippen molar-refractivity contribution >= 4 is 40.7 Å². The molecule has 0 bridgehead atoms. The molecule has 0 aromatic heterocycles. The Balaban J connectivity index is 1.68. The van der Waals surface area contributed by atoms with Crippen molar-refractivity contribution in [2.45, 2.75) is 44.8 Å². The van der Waals surface area contributed by atoms with E-state index in [0.29, 0.717) is 66.4 Å². The number of rotatable bonds is 5. The summed E-state index contributed by atoms with van der Waals surface area (Å²) < 4.78 is 11.1. The highest BCUT2D eigenvalue weighted by Gasteiger charge is 2.43. The predicted molar refractivity (Wildman–Crippen MR) is 126 cm³/mol. The number of benzene rings is 1. The lowest BCUT2D eigenvalue weighted by Crippen LogP contribution is -2.44. The summed E-state index contributed by atoms with van der Waals surface area (Å²) in [5.74, 6) is -1.01. The average Bonchev–Trinajstić information content (AvgIpc) is 2.75. The SMILES string of the molecule is COC(c1cc(Cl)c2c(c1Cl)C(=O)N(CC1C(=O)N=C(C)C=C1C)CC2)C1(O)CCOCC1. The van der Waals surface area contributed by atoms with E-state index in [1.807, 2.05) is 13.0 Å². The molecule has 0 saturated carbocycles. The summed E-state index contributed by atoms with van der Waals surface area (Å²) >= 11 is 13.4. The highest BCUT2D eigenvalue weighted by atomic mass is 35.5. The van der Waals surface area contributed by atoms with E-state index < -0.39 is 17.6 Å². The molecule has 1 aromatic rings. The first-order chi connectivity index (χ1) is 15.7. The molecule has 1 fully saturated rings. The fourth-order valence-electron chi connectivity index (χ4n) is 5.00. The lowest BCUT2D eigenvalue weighted by Gasteiger charge is -2.39. The van der Waals surface area contributed by atoms with Gasteiger partial charge in [0.15, 0.2) is 0 Å². The number of carbonyl (C=O) groups excluding carboxylic acids is 2. The quantitative estimate of drug-likeness (QED) is 0.672. The van der Waals surface area contributed by atoms with Crippen molar-refractivity contribution in [3.05, 3.63) is 44.5 Å². The number of allylic oxidation sites excluding steroid dienone is 1. The van der Waals surface area contributed by atoms with E-state index in [1.54, 1.807) is 17.9 Å². The molecule has 1 saturated heterocycles. The van der Waals surface area contributed by atoms with E-state index in [4.69, 9.17) is 32.7 Å². The van der Waals surface area contributed by atoms with E-state index in [0.717, 1.165) is 5.57 Å². The molecule has 3 aliphatic heterocycles. The van der Waals surface area contributed by atoms with Gasteiger partial charge in [0, 0.05) is 62.6 Å². The van der Waals surface area contributed by atoms with Crippen LogP contribution in [0.1, 0.15) is 54.3 Å². The second-order valence-corrected chi connectivity index (χ2v) is 9.77. The van der Waals surface area contributed by atoms with Gasteiger partial charge in [0.25, 0.3) is 11.8 Å². The van der Waals surface area contributed by atoms with E-state index >= 15 is 0 Å². The second-order valence-electron chi connectivity index (χ2n) is 8.98. The van der Waals surface area contributed by atoms with Gasteiger partial charge in [-0.1, -0.05) is 28.8 Å². The van der Waals surface area contributed by atoms with Crippen molar-refractivity contribution in [3.8, 4) is 0 Å². The molecule has 3 heterocycles. The Morgan fingerprint density at radius 1 is 1.30 bits per heavy atom. The van der Waals surface area contributed by atoms with Gasteiger partial charge in [-0.25, -0.2) is 4.99 Å². The largest absolute Gasteiger partial charge is 0.387 e. The third-order valence-electron chi connectivity index (χ3n) is 6.82. The normalized spacial score (nSPS) is 23.7. The molecule has 0 radical (unpaired) electrons. The first kappa shape index (κ1) is 24.4. The number of amides is 2. The van der Waals surface area contributed by atoms with E-state index in [-0.39, 0.29) is 23.4 Å². The number of hydrogen-bond donors (Lipinski definition) is 1. The molecule has 178 valence electrons. The molecule has 3 aliphatic rings. The van der Waals surface area contributed by atoms with Crippen LogP contribution in [0.5, 0.6) is 0 Å². The Morgan fingerprint density at radius 2 is 2.00 bits per heavy atom. The molecule has 2 amide bonds. The fourth-order valence-corrected chi connectivity index (χ4v) is 5.65. The van der Waals surface area contributed by atoms with E-state index in [1.165, 1.54) is 7.11 Å². The molecular formula is C24H28Cl2N2O5. The molecule has 1 N–H and O–H groups in total. The van der Waals surface area contributed by atoms with Gasteiger partial charge in [0.2, 0.25) is 0 Å². The van der Waals surface area contributed by atoms with Gasteiger partial charge in [-0.3, -0.25) is 9.59 Å². The van der Waals surface area contributed by atoms with Crippen LogP contribution in [0.25, 0.3) is 0 Å². The third kappa shape index (κ3) is 4.49. The molecule has 0 aliphatic carbocycles. The maximum atomic E-state index is 13.6. The van der Waals surface area contributed by atoms with Crippen LogP contribution in [0.4, 0.5) is 0 Å². The van der Waals surface area contributed by atoms with Crippen molar-refractivity contribution in [2.75, 3.05) is 33.4 Å². The highest BCUT2D eigenvalue weighted by molar-refractivity contribution is 6.37. The first-order valence-electron chi connectivity index (χ1n) is 11.1. The van der Waals surface area contributed by atoms with Gasteiger partial charge >= 0.3 is 0 Å². The van der Waals surface area contributed by atoms with Crippen molar-refractivity contribution < 1.29 is 24.2 Å². The summed E-state index contributed by atoms with van der Waals surface area (Å²) in [6.07, 6.45) is 2.38. The molecule has 0 spiro atoms. The zero-order valence-electron chi connectivity index (χ0n) is 19.0. The van der Waals surface area contributed by atoms with Crippen LogP contribution in [0.2, 0.25) is 10.0 Å². The summed E-state index contributed by atoms with van der Waals surface area (Å²) in [5, 5.41) is 11.9. The Kier molecular flexibility index (Phi) is 6.99. The topological polar surface area (TPSA) is 88.4 Å². The fraction of sp³-hybridized carbons (Fsp3) is 0.542. The Bertz CT molecular complexity index is 1050. The van der Waals surface area contributed by atoms with Gasteiger partial charge in [-0.15, -0.1) is 0 Å². The maximum absolute atomic E-state index is 13.6. The smallest absolute Gasteiger partial charge is 0.255 e. The van der Waals surface area contributed by atoms with Crippen molar-refractivity contribution in [1.29, 1.82) is 0 Å². The number of ether oxygens (including phenoxy) is 2. The Hall–Kier alpha value is -1.77. The Morgan fingerprint density at radius 3 is 2.64 bits per heavy atom. The number of nitrogens with zero attached hydrogens (tertiary/aromatic N) is 2. The second kappa shape index (κ2) is 9.47. The number of hydrogen-bond acceptors (Lipinski definition) is 5. The maximum Gasteiger partial charge on any atom is 0.255 e. The molecule has 7 nitrogen and oxygen atoms in total. The zero-order valence-corrected chi connectivity index (χ0v) is 20.5. The average molecular weight is 495 g/mol. The number of fused-ring (bicyclic) bond motifs is 1. The summed E-state index contributed by atoms with van der Waals surface area (Å²) in [4.78, 5) is 31.7. The highest BCUT2D eigenvalue weighted by Crippen LogP contribution is 2.44. The van der Waals surface area contributed by atoms with Gasteiger partial charge in [-0.2, -0.15) is 0 Å². The number of dihydropyridines is 1. The molecule has 4 rings (SSSR count). The molecule has 9 heteroatoms. The molecule has 2 atom stereocenters. The van der Waals surface area contributed by atoms with E-state index in [2.05, 4.69) is 4.99 Å². The van der Waals surface area contributed by atoms with Crippen molar-refractivity contribution in [2.24, 2.45) is 10.9 Å². The number of methoxy groups -OCH3 is 1. The predicted octanol–water partition coefficient (Wildman–Crippen LogP) is 3.78. The van der Waals surface area contributed by atoms with Crippen LogP contribution < -0.4 is 0 Å². The minimum atomic E-state index is -1.18. The Labute approximate surface area is 203 Å². The summed E-state index contributed by atoms with van der Waals surface area (Å²) in [7, 11) is 1.50. The summed E-state index contributed by atoms with van der Waals surface area (Å²) in [6.45, 7) is 5.12. The van der Waals surface area contributed by atoms with Crippen molar-refractivity contribution in [3.63, 3.8) is 0 Å². The minimum absolute atomic E-state index is 0.226. The van der Waals surface area contributed by atoms with E-state index in [9.17, 15) is 14.7 Å². The zero-order chi connectivity index (χ0) is 23.9. The van der Waals surface area contributed by atoms with Crippen molar-refractivity contribution in [1.82, 2.24) is 4.90 Å². The lowest BCUT2D eigenvalue weighted by molar-refractivity contribution is -0.145. The van der Waals surface area contributed by atoms with Crippen LogP contribution in [0.3, 0.4) is 0 Å². The lowest BCUT2D eigenvalue weighted by atomic mass is 9.82. The van der Waals surface area contributed by atoms with Crippen LogP contribution in [-0.2, 0) is 20.7 Å². The number of aliphatic hydroxyl groups is 1. The molecule has 2 unspecified atom stereocenters. The number of aliphatic imine (C=N–C) groups is 1. The van der Waals surface area contributed by atoms with Gasteiger partial charge in [-0.05, 0) is 38.0 Å². The van der Waals surface area contributed by atoms with Crippen LogP contribution >= 0.6 is 23.2 Å². The van der Waals surface area contributed by atoms with Crippen LogP contribution in [-0.4, -0.2) is 66.5 Å². The molecular weight excluding hydrogens is 467 g/mol. The molecule has 1 aromatic carbocycles. The minimum Gasteiger partial charge on any atom is -0.387 e. The van der Waals surface area contributed by atoms with Gasteiger partial charge in [0.05, 0.1) is 22.1 Å². The van der Waals surface area contributed by atoms with Crippen LogP contribution in [0.15, 0.2) is 22.7 Å². The number of halogens is 2. The summed E-state index contributed by atoms with van der Waals surface area (Å²) in [5.41, 5.74) is 1.83. The van der Waals surface area contributed by atoms with Crippen LogP contribution in [0, 0.1) is 5.92 Å². The summed E-state index contributed by atoms with van der Waals surface area (Å²) in [6, 6.07) is 1.70. The third-order valence-corrected chi connectivity index (χ3v) is 7.56.